The number of pyridine rings is 1. The Bertz CT molecular complexity index is 566. The van der Waals surface area contributed by atoms with E-state index in [1.54, 1.807) is 6.20 Å². The molecule has 1 N–H and O–H groups in total. The van der Waals surface area contributed by atoms with Crippen molar-refractivity contribution >= 4 is 0 Å². The lowest BCUT2D eigenvalue weighted by atomic mass is 9.98. The van der Waals surface area contributed by atoms with Gasteiger partial charge in [0.1, 0.15) is 0 Å². The monoisotopic (exact) mass is 258 g/mol. The molecule has 3 heterocycles. The van der Waals surface area contributed by atoms with Gasteiger partial charge in [-0.15, -0.1) is 0 Å². The Hall–Kier alpha value is -1.75. The van der Waals surface area contributed by atoms with E-state index in [1.165, 1.54) is 0 Å². The van der Waals surface area contributed by atoms with Crippen molar-refractivity contribution < 1.29 is 4.52 Å². The van der Waals surface area contributed by atoms with Crippen LogP contribution in [0.3, 0.4) is 0 Å². The Morgan fingerprint density at radius 1 is 1.42 bits per heavy atom. The van der Waals surface area contributed by atoms with Gasteiger partial charge < -0.3 is 9.84 Å². The fourth-order valence-electron chi connectivity index (χ4n) is 2.56. The molecule has 0 spiro atoms. The normalized spacial score (nSPS) is 22.8. The Morgan fingerprint density at radius 3 is 3.05 bits per heavy atom. The maximum Gasteiger partial charge on any atom is 0.231 e. The third-order valence-corrected chi connectivity index (χ3v) is 3.80. The molecule has 0 aliphatic carbocycles. The summed E-state index contributed by atoms with van der Waals surface area (Å²) in [5, 5.41) is 7.49. The minimum Gasteiger partial charge on any atom is -0.339 e. The molecule has 2 unspecified atom stereocenters. The van der Waals surface area contributed by atoms with Crippen LogP contribution < -0.4 is 5.32 Å². The van der Waals surface area contributed by atoms with Crippen LogP contribution in [-0.4, -0.2) is 28.2 Å². The van der Waals surface area contributed by atoms with E-state index in [9.17, 15) is 0 Å². The maximum atomic E-state index is 5.45. The van der Waals surface area contributed by atoms with Crippen molar-refractivity contribution in [1.82, 2.24) is 20.4 Å². The van der Waals surface area contributed by atoms with Crippen LogP contribution in [0.4, 0.5) is 0 Å². The topological polar surface area (TPSA) is 63.8 Å². The third kappa shape index (κ3) is 2.26. The molecule has 0 bridgehead atoms. The molecule has 5 heteroatoms. The molecular formula is C14H18N4O. The van der Waals surface area contributed by atoms with Gasteiger partial charge in [0.25, 0.3) is 0 Å². The highest BCUT2D eigenvalue weighted by Gasteiger charge is 2.29. The molecule has 1 aliphatic rings. The predicted molar refractivity (Wildman–Crippen MR) is 71.7 cm³/mol. The average molecular weight is 258 g/mol. The van der Waals surface area contributed by atoms with Crippen LogP contribution >= 0.6 is 0 Å². The lowest BCUT2D eigenvalue weighted by molar-refractivity contribution is 0.340. The summed E-state index contributed by atoms with van der Waals surface area (Å²) in [6.45, 7) is 6.24. The zero-order valence-electron chi connectivity index (χ0n) is 11.3. The smallest absolute Gasteiger partial charge is 0.231 e. The van der Waals surface area contributed by atoms with Gasteiger partial charge in [-0.1, -0.05) is 19.0 Å². The Morgan fingerprint density at radius 2 is 2.32 bits per heavy atom. The van der Waals surface area contributed by atoms with Gasteiger partial charge in [0.05, 0.1) is 5.92 Å². The molecule has 1 fully saturated rings. The first kappa shape index (κ1) is 12.3. The van der Waals surface area contributed by atoms with Crippen molar-refractivity contribution in [1.29, 1.82) is 0 Å². The van der Waals surface area contributed by atoms with Crippen LogP contribution in [0.1, 0.15) is 31.2 Å². The number of nitrogens with zero attached hydrogens (tertiary/aromatic N) is 3. The zero-order valence-corrected chi connectivity index (χ0v) is 11.3. The summed E-state index contributed by atoms with van der Waals surface area (Å²) in [4.78, 5) is 8.72. The summed E-state index contributed by atoms with van der Waals surface area (Å²) in [7, 11) is 0. The first-order valence-corrected chi connectivity index (χ1v) is 6.77. The Labute approximate surface area is 112 Å². The molecule has 0 saturated carbocycles. The number of hydrogen-bond acceptors (Lipinski definition) is 5. The van der Waals surface area contributed by atoms with Gasteiger partial charge in [0, 0.05) is 24.5 Å². The van der Waals surface area contributed by atoms with Crippen molar-refractivity contribution in [2.24, 2.45) is 5.92 Å². The zero-order chi connectivity index (χ0) is 13.2. The second-order valence-corrected chi connectivity index (χ2v) is 5.08. The van der Waals surface area contributed by atoms with Gasteiger partial charge in [0.2, 0.25) is 11.7 Å². The molecular weight excluding hydrogens is 240 g/mol. The van der Waals surface area contributed by atoms with Gasteiger partial charge in [-0.2, -0.15) is 4.98 Å². The number of aryl methyl sites for hydroxylation is 1. The second kappa shape index (κ2) is 5.09. The quantitative estimate of drug-likeness (QED) is 0.912. The first-order chi connectivity index (χ1) is 9.29. The number of aromatic nitrogens is 3. The largest absolute Gasteiger partial charge is 0.339 e. The fraction of sp³-hybridized carbons (Fsp3) is 0.500. The molecule has 2 aromatic rings. The van der Waals surface area contributed by atoms with Crippen molar-refractivity contribution in [2.75, 3.05) is 13.1 Å². The Balaban J connectivity index is 1.92. The molecule has 0 aromatic carbocycles. The summed E-state index contributed by atoms with van der Waals surface area (Å²) in [6, 6.07) is 1.95. The van der Waals surface area contributed by atoms with Crippen molar-refractivity contribution in [3.63, 3.8) is 0 Å². The molecule has 0 radical (unpaired) electrons. The highest BCUT2D eigenvalue weighted by Crippen LogP contribution is 2.28. The molecule has 100 valence electrons. The molecule has 2 aromatic heterocycles. The highest BCUT2D eigenvalue weighted by atomic mass is 16.5. The van der Waals surface area contributed by atoms with E-state index < -0.39 is 0 Å². The van der Waals surface area contributed by atoms with Crippen LogP contribution in [0, 0.1) is 5.92 Å². The molecule has 2 atom stereocenters. The number of nitrogens with one attached hydrogen (secondary N) is 1. The van der Waals surface area contributed by atoms with Gasteiger partial charge >= 0.3 is 0 Å². The second-order valence-electron chi connectivity index (χ2n) is 5.08. The number of rotatable bonds is 3. The summed E-state index contributed by atoms with van der Waals surface area (Å²) < 4.78 is 5.45. The molecule has 5 nitrogen and oxygen atoms in total. The maximum absolute atomic E-state index is 5.45. The first-order valence-electron chi connectivity index (χ1n) is 6.77. The van der Waals surface area contributed by atoms with E-state index in [1.807, 2.05) is 12.3 Å². The predicted octanol–water partition coefficient (Wildman–Crippen LogP) is 2.02. The van der Waals surface area contributed by atoms with E-state index >= 15 is 0 Å². The summed E-state index contributed by atoms with van der Waals surface area (Å²) in [5.74, 6) is 2.28. The van der Waals surface area contributed by atoms with Crippen molar-refractivity contribution in [3.05, 3.63) is 29.9 Å². The van der Waals surface area contributed by atoms with E-state index in [0.717, 1.165) is 36.5 Å². The molecule has 19 heavy (non-hydrogen) atoms. The number of hydrogen-bond donors (Lipinski definition) is 1. The summed E-state index contributed by atoms with van der Waals surface area (Å²) in [5.41, 5.74) is 2.17. The van der Waals surface area contributed by atoms with Gasteiger partial charge in [0.15, 0.2) is 0 Å². The van der Waals surface area contributed by atoms with Gasteiger partial charge in [-0.25, -0.2) is 0 Å². The van der Waals surface area contributed by atoms with Gasteiger partial charge in [-0.3, -0.25) is 4.98 Å². The van der Waals surface area contributed by atoms with Crippen LogP contribution in [0.15, 0.2) is 23.0 Å². The van der Waals surface area contributed by atoms with Crippen LogP contribution in [0.5, 0.6) is 0 Å². The van der Waals surface area contributed by atoms with Crippen LogP contribution in [-0.2, 0) is 6.42 Å². The minimum atomic E-state index is 0.327. The van der Waals surface area contributed by atoms with E-state index in [-0.39, 0.29) is 0 Å². The van der Waals surface area contributed by atoms with E-state index in [4.69, 9.17) is 4.52 Å². The van der Waals surface area contributed by atoms with Crippen molar-refractivity contribution in [2.45, 2.75) is 26.2 Å². The minimum absolute atomic E-state index is 0.327. The van der Waals surface area contributed by atoms with Crippen LogP contribution in [0.2, 0.25) is 0 Å². The summed E-state index contributed by atoms with van der Waals surface area (Å²) >= 11 is 0. The molecule has 3 rings (SSSR count). The lowest BCUT2D eigenvalue weighted by Gasteiger charge is -2.07. The molecule has 1 aliphatic heterocycles. The molecule has 1 saturated heterocycles. The van der Waals surface area contributed by atoms with Crippen LogP contribution in [0.25, 0.3) is 11.4 Å². The summed E-state index contributed by atoms with van der Waals surface area (Å²) in [6.07, 6.45) is 4.55. The fourth-order valence-corrected chi connectivity index (χ4v) is 2.56. The lowest BCUT2D eigenvalue weighted by Crippen LogP contribution is -2.08. The van der Waals surface area contributed by atoms with Gasteiger partial charge in [-0.05, 0) is 30.5 Å². The standard InChI is InChI=1S/C14H18N4O/c1-3-10-7-15-5-4-11(10)13-17-14(19-18-13)12-8-16-6-9(12)2/h4-5,7,9,12,16H,3,6,8H2,1-2H3. The Kier molecular flexibility index (Phi) is 3.29. The van der Waals surface area contributed by atoms with E-state index in [0.29, 0.717) is 17.7 Å². The molecule has 0 amide bonds. The van der Waals surface area contributed by atoms with Crippen molar-refractivity contribution in [3.8, 4) is 11.4 Å². The SMILES string of the molecule is CCc1cnccc1-c1noc(C2CNCC2C)n1. The van der Waals surface area contributed by atoms with E-state index in [2.05, 4.69) is 34.3 Å². The average Bonchev–Trinajstić information content (AvgIpc) is 3.07. The third-order valence-electron chi connectivity index (χ3n) is 3.80. The highest BCUT2D eigenvalue weighted by molar-refractivity contribution is 5.58.